The predicted molar refractivity (Wildman–Crippen MR) is 109 cm³/mol. The summed E-state index contributed by atoms with van der Waals surface area (Å²) in [6.07, 6.45) is 1.14. The van der Waals surface area contributed by atoms with Crippen molar-refractivity contribution in [2.24, 2.45) is 0 Å². The number of amides is 1. The maximum atomic E-state index is 12.6. The zero-order valence-corrected chi connectivity index (χ0v) is 16.6. The summed E-state index contributed by atoms with van der Waals surface area (Å²) in [6, 6.07) is 13.7. The minimum absolute atomic E-state index is 0.0736. The van der Waals surface area contributed by atoms with Gasteiger partial charge in [-0.05, 0) is 48.7 Å². The van der Waals surface area contributed by atoms with Crippen LogP contribution in [0.15, 0.2) is 48.5 Å². The Kier molecular flexibility index (Phi) is 5.03. The van der Waals surface area contributed by atoms with Gasteiger partial charge in [0.05, 0.1) is 16.8 Å². The van der Waals surface area contributed by atoms with Crippen molar-refractivity contribution in [1.29, 1.82) is 0 Å². The first-order valence-electron chi connectivity index (χ1n) is 8.05. The maximum Gasteiger partial charge on any atom is 0.265 e. The number of nitrogens with zero attached hydrogens (tertiary/aromatic N) is 1. The second-order valence-corrected chi connectivity index (χ2v) is 9.25. The fourth-order valence-electron chi connectivity index (χ4n) is 2.54. The summed E-state index contributed by atoms with van der Waals surface area (Å²) in [6.45, 7) is 1.47. The molecule has 3 aromatic rings. The van der Waals surface area contributed by atoms with E-state index in [4.69, 9.17) is 0 Å². The summed E-state index contributed by atoms with van der Waals surface area (Å²) in [4.78, 5) is 24.5. The Hall–Kier alpha value is -2.71. The van der Waals surface area contributed by atoms with E-state index in [1.54, 1.807) is 48.5 Å². The third-order valence-electron chi connectivity index (χ3n) is 4.11. The van der Waals surface area contributed by atoms with E-state index in [1.165, 1.54) is 29.6 Å². The molecule has 0 atom stereocenters. The van der Waals surface area contributed by atoms with Crippen LogP contribution in [-0.4, -0.2) is 33.4 Å². The maximum absolute atomic E-state index is 12.6. The van der Waals surface area contributed by atoms with Crippen molar-refractivity contribution in [3.63, 3.8) is 0 Å². The van der Waals surface area contributed by atoms with Crippen LogP contribution >= 0.6 is 11.3 Å². The summed E-state index contributed by atoms with van der Waals surface area (Å²) in [5, 5.41) is 3.58. The second kappa shape index (κ2) is 7.13. The normalized spacial score (nSPS) is 11.4. The molecule has 1 N–H and O–H groups in total. The molecule has 0 aliphatic heterocycles. The van der Waals surface area contributed by atoms with Gasteiger partial charge in [0.2, 0.25) is 10.0 Å². The minimum atomic E-state index is -3.36. The molecule has 140 valence electrons. The Balaban J connectivity index is 1.87. The molecular weight excluding hydrogens is 384 g/mol. The summed E-state index contributed by atoms with van der Waals surface area (Å²) in [5.74, 6) is -0.356. The average Bonchev–Trinajstić information content (AvgIpc) is 3.03. The molecule has 1 heterocycles. The quantitative estimate of drug-likeness (QED) is 0.659. The van der Waals surface area contributed by atoms with Crippen LogP contribution in [0, 0.1) is 0 Å². The van der Waals surface area contributed by atoms with Gasteiger partial charge in [0.15, 0.2) is 5.78 Å². The molecule has 27 heavy (non-hydrogen) atoms. The van der Waals surface area contributed by atoms with Crippen LogP contribution in [0.3, 0.4) is 0 Å². The van der Waals surface area contributed by atoms with Crippen LogP contribution in [0.2, 0.25) is 0 Å². The van der Waals surface area contributed by atoms with Crippen LogP contribution in [0.25, 0.3) is 10.1 Å². The smallest absolute Gasteiger partial charge is 0.265 e. The van der Waals surface area contributed by atoms with Gasteiger partial charge in [-0.3, -0.25) is 13.9 Å². The molecule has 0 saturated carbocycles. The molecule has 0 aliphatic carbocycles. The number of benzene rings is 2. The molecule has 0 bridgehead atoms. The highest BCUT2D eigenvalue weighted by molar-refractivity contribution is 7.92. The zero-order chi connectivity index (χ0) is 19.8. The van der Waals surface area contributed by atoms with Gasteiger partial charge in [-0.25, -0.2) is 8.42 Å². The molecule has 0 fully saturated rings. The van der Waals surface area contributed by atoms with Crippen molar-refractivity contribution in [1.82, 2.24) is 0 Å². The van der Waals surface area contributed by atoms with E-state index in [0.29, 0.717) is 21.8 Å². The number of hydrogen-bond donors (Lipinski definition) is 1. The molecule has 2 aromatic carbocycles. The van der Waals surface area contributed by atoms with Crippen molar-refractivity contribution in [3.05, 3.63) is 59.0 Å². The van der Waals surface area contributed by atoms with Gasteiger partial charge in [-0.1, -0.05) is 12.1 Å². The summed E-state index contributed by atoms with van der Waals surface area (Å²) >= 11 is 1.32. The topological polar surface area (TPSA) is 83.6 Å². The van der Waals surface area contributed by atoms with Gasteiger partial charge in [-0.15, -0.1) is 11.3 Å². The van der Waals surface area contributed by atoms with E-state index in [2.05, 4.69) is 5.32 Å². The lowest BCUT2D eigenvalue weighted by Crippen LogP contribution is -2.24. The van der Waals surface area contributed by atoms with Crippen LogP contribution in [0.4, 0.5) is 11.4 Å². The van der Waals surface area contributed by atoms with Gasteiger partial charge in [0, 0.05) is 23.0 Å². The van der Waals surface area contributed by atoms with Crippen LogP contribution < -0.4 is 9.62 Å². The first kappa shape index (κ1) is 19.1. The number of ketones is 1. The third-order valence-corrected chi connectivity index (χ3v) is 6.43. The lowest BCUT2D eigenvalue weighted by Gasteiger charge is -2.16. The fourth-order valence-corrected chi connectivity index (χ4v) is 3.97. The van der Waals surface area contributed by atoms with Gasteiger partial charge < -0.3 is 5.32 Å². The number of carbonyl (C=O) groups excluding carboxylic acids is 2. The Bertz CT molecular complexity index is 1150. The first-order valence-corrected chi connectivity index (χ1v) is 10.7. The van der Waals surface area contributed by atoms with Crippen LogP contribution in [-0.2, 0) is 10.0 Å². The molecule has 8 heteroatoms. The second-order valence-electron chi connectivity index (χ2n) is 6.15. The van der Waals surface area contributed by atoms with E-state index in [0.717, 1.165) is 16.3 Å². The SMILES string of the molecule is CC(=O)c1cccc(NC(=O)c2cc3cc(N(C)S(C)(=O)=O)ccc3s2)c1. The predicted octanol–water partition coefficient (Wildman–Crippen LogP) is 3.75. The van der Waals surface area contributed by atoms with E-state index >= 15 is 0 Å². The number of thiophene rings is 1. The largest absolute Gasteiger partial charge is 0.321 e. The first-order chi connectivity index (χ1) is 12.6. The number of anilines is 2. The molecule has 6 nitrogen and oxygen atoms in total. The standard InChI is InChI=1S/C19H18N2O4S2/c1-12(22)13-5-4-6-15(9-13)20-19(23)18-11-14-10-16(7-8-17(14)26-18)21(2)27(3,24)25/h4-11H,1-3H3,(H,20,23). The summed E-state index contributed by atoms with van der Waals surface area (Å²) < 4.78 is 25.5. The summed E-state index contributed by atoms with van der Waals surface area (Å²) in [5.41, 5.74) is 1.60. The Morgan fingerprint density at radius 3 is 2.48 bits per heavy atom. The number of nitrogens with one attached hydrogen (secondary N) is 1. The lowest BCUT2D eigenvalue weighted by molar-refractivity contribution is 0.101. The van der Waals surface area contributed by atoms with Gasteiger partial charge in [0.1, 0.15) is 0 Å². The molecule has 0 radical (unpaired) electrons. The highest BCUT2D eigenvalue weighted by atomic mass is 32.2. The number of hydrogen-bond acceptors (Lipinski definition) is 5. The summed E-state index contributed by atoms with van der Waals surface area (Å²) in [7, 11) is -1.87. The van der Waals surface area contributed by atoms with Crippen LogP contribution in [0.1, 0.15) is 27.0 Å². The van der Waals surface area contributed by atoms with E-state index in [9.17, 15) is 18.0 Å². The molecule has 1 amide bonds. The lowest BCUT2D eigenvalue weighted by atomic mass is 10.1. The van der Waals surface area contributed by atoms with Crippen molar-refractivity contribution >= 4 is 54.5 Å². The average molecular weight is 402 g/mol. The number of fused-ring (bicyclic) bond motifs is 1. The molecule has 0 aliphatic rings. The number of sulfonamides is 1. The number of carbonyl (C=O) groups is 2. The third kappa shape index (κ3) is 4.17. The van der Waals surface area contributed by atoms with Crippen molar-refractivity contribution in [2.45, 2.75) is 6.92 Å². The molecule has 0 unspecified atom stereocenters. The molecule has 0 spiro atoms. The number of rotatable bonds is 5. The van der Waals surface area contributed by atoms with Gasteiger partial charge in [0.25, 0.3) is 5.91 Å². The Labute approximate surface area is 161 Å². The molecular formula is C19H18N2O4S2. The van der Waals surface area contributed by atoms with Crippen molar-refractivity contribution in [3.8, 4) is 0 Å². The molecule has 0 saturated heterocycles. The highest BCUT2D eigenvalue weighted by Gasteiger charge is 2.15. The van der Waals surface area contributed by atoms with E-state index in [-0.39, 0.29) is 11.7 Å². The monoisotopic (exact) mass is 402 g/mol. The zero-order valence-electron chi connectivity index (χ0n) is 15.0. The molecule has 3 rings (SSSR count). The van der Waals surface area contributed by atoms with Crippen molar-refractivity contribution < 1.29 is 18.0 Å². The van der Waals surface area contributed by atoms with Gasteiger partial charge >= 0.3 is 0 Å². The Morgan fingerprint density at radius 2 is 1.81 bits per heavy atom. The highest BCUT2D eigenvalue weighted by Crippen LogP contribution is 2.30. The van der Waals surface area contributed by atoms with Gasteiger partial charge in [-0.2, -0.15) is 0 Å². The number of Topliss-reactive ketones (excluding diaryl/α,β-unsaturated/α-hetero) is 1. The van der Waals surface area contributed by atoms with E-state index < -0.39 is 10.0 Å². The van der Waals surface area contributed by atoms with E-state index in [1.807, 2.05) is 0 Å². The Morgan fingerprint density at radius 1 is 1.07 bits per heavy atom. The molecule has 1 aromatic heterocycles. The fraction of sp³-hybridized carbons (Fsp3) is 0.158. The van der Waals surface area contributed by atoms with Crippen LogP contribution in [0.5, 0.6) is 0 Å². The van der Waals surface area contributed by atoms with Crippen molar-refractivity contribution in [2.75, 3.05) is 22.9 Å². The minimum Gasteiger partial charge on any atom is -0.321 e.